The van der Waals surface area contributed by atoms with Crippen LogP contribution in [0.15, 0.2) is 12.3 Å². The zero-order valence-corrected chi connectivity index (χ0v) is 7.12. The third-order valence-electron chi connectivity index (χ3n) is 1.22. The maximum Gasteiger partial charge on any atom is 0.221 e. The Balaban J connectivity index is 2.94. The smallest absolute Gasteiger partial charge is 0.221 e. The van der Waals surface area contributed by atoms with Crippen LogP contribution in [0.25, 0.3) is 6.08 Å². The number of aromatic nitrogens is 2. The van der Waals surface area contributed by atoms with Crippen molar-refractivity contribution >= 4 is 23.6 Å². The number of hydrogen-bond donors (Lipinski definition) is 2. The van der Waals surface area contributed by atoms with Crippen LogP contribution < -0.4 is 11.5 Å². The zero-order valence-electron chi connectivity index (χ0n) is 6.37. The fourth-order valence-corrected chi connectivity index (χ4v) is 0.888. The summed E-state index contributed by atoms with van der Waals surface area (Å²) in [5.41, 5.74) is 11.3. The van der Waals surface area contributed by atoms with Crippen LogP contribution in [0, 0.1) is 0 Å². The van der Waals surface area contributed by atoms with Gasteiger partial charge < -0.3 is 11.5 Å². The van der Waals surface area contributed by atoms with E-state index in [4.69, 9.17) is 23.1 Å². The van der Waals surface area contributed by atoms with Crippen molar-refractivity contribution in [1.82, 2.24) is 9.97 Å². The molecule has 1 heterocycles. The predicted octanol–water partition coefficient (Wildman–Crippen LogP) is 0.684. The number of nitrogens with two attached hydrogens (primary N) is 2. The van der Waals surface area contributed by atoms with Crippen LogP contribution >= 0.6 is 11.6 Å². The SMILES string of the molecule is NCC=Cc1cnc(N)nc1Cl. The molecule has 0 saturated heterocycles. The molecular weight excluding hydrogens is 176 g/mol. The van der Waals surface area contributed by atoms with E-state index in [0.29, 0.717) is 11.7 Å². The Morgan fingerprint density at radius 3 is 2.92 bits per heavy atom. The molecule has 64 valence electrons. The van der Waals surface area contributed by atoms with E-state index in [1.807, 2.05) is 0 Å². The summed E-state index contributed by atoms with van der Waals surface area (Å²) in [6, 6.07) is 0. The van der Waals surface area contributed by atoms with Crippen molar-refractivity contribution in [2.45, 2.75) is 0 Å². The maximum absolute atomic E-state index is 5.74. The van der Waals surface area contributed by atoms with Gasteiger partial charge in [0.05, 0.1) is 0 Å². The van der Waals surface area contributed by atoms with Crippen molar-refractivity contribution in [2.75, 3.05) is 12.3 Å². The molecule has 1 rings (SSSR count). The minimum absolute atomic E-state index is 0.171. The summed E-state index contributed by atoms with van der Waals surface area (Å²) in [6.45, 7) is 0.459. The number of hydrogen-bond acceptors (Lipinski definition) is 4. The summed E-state index contributed by atoms with van der Waals surface area (Å²) in [4.78, 5) is 7.55. The van der Waals surface area contributed by atoms with E-state index in [-0.39, 0.29) is 5.95 Å². The first-order valence-corrected chi connectivity index (χ1v) is 3.76. The molecule has 1 aromatic heterocycles. The quantitative estimate of drug-likeness (QED) is 0.663. The van der Waals surface area contributed by atoms with Gasteiger partial charge in [-0.05, 0) is 0 Å². The molecule has 0 atom stereocenters. The lowest BCUT2D eigenvalue weighted by atomic mass is 10.3. The molecule has 0 amide bonds. The monoisotopic (exact) mass is 184 g/mol. The Kier molecular flexibility index (Phi) is 3.01. The summed E-state index contributed by atoms with van der Waals surface area (Å²) in [5, 5.41) is 0.340. The van der Waals surface area contributed by atoms with Crippen LogP contribution in [-0.4, -0.2) is 16.5 Å². The molecule has 0 aromatic carbocycles. The molecule has 0 aliphatic heterocycles. The lowest BCUT2D eigenvalue weighted by molar-refractivity contribution is 1.17. The maximum atomic E-state index is 5.74. The average Bonchev–Trinajstić information content (AvgIpc) is 2.03. The fraction of sp³-hybridized carbons (Fsp3) is 0.143. The lowest BCUT2D eigenvalue weighted by Crippen LogP contribution is -1.96. The Labute approximate surface area is 75.3 Å². The molecule has 0 saturated carbocycles. The van der Waals surface area contributed by atoms with Crippen LogP contribution in [0.3, 0.4) is 0 Å². The van der Waals surface area contributed by atoms with Crippen molar-refractivity contribution in [3.63, 3.8) is 0 Å². The summed E-state index contributed by atoms with van der Waals surface area (Å²) >= 11 is 5.74. The molecule has 12 heavy (non-hydrogen) atoms. The second-order valence-electron chi connectivity index (χ2n) is 2.11. The largest absolute Gasteiger partial charge is 0.368 e. The highest BCUT2D eigenvalue weighted by molar-refractivity contribution is 6.30. The van der Waals surface area contributed by atoms with Gasteiger partial charge in [0, 0.05) is 18.3 Å². The normalized spacial score (nSPS) is 10.8. The van der Waals surface area contributed by atoms with Gasteiger partial charge >= 0.3 is 0 Å². The minimum Gasteiger partial charge on any atom is -0.368 e. The van der Waals surface area contributed by atoms with E-state index in [2.05, 4.69) is 9.97 Å². The van der Waals surface area contributed by atoms with Gasteiger partial charge in [0.15, 0.2) is 0 Å². The topological polar surface area (TPSA) is 77.8 Å². The molecule has 0 bridgehead atoms. The number of rotatable bonds is 2. The number of nitrogens with zero attached hydrogens (tertiary/aromatic N) is 2. The number of anilines is 1. The molecule has 0 aliphatic rings. The van der Waals surface area contributed by atoms with Gasteiger partial charge in [-0.2, -0.15) is 0 Å². The zero-order chi connectivity index (χ0) is 8.97. The van der Waals surface area contributed by atoms with E-state index in [1.54, 1.807) is 18.3 Å². The highest BCUT2D eigenvalue weighted by atomic mass is 35.5. The third kappa shape index (κ3) is 2.18. The molecule has 0 spiro atoms. The van der Waals surface area contributed by atoms with Crippen molar-refractivity contribution in [3.05, 3.63) is 23.0 Å². The summed E-state index contributed by atoms with van der Waals surface area (Å²) in [6.07, 6.45) is 5.07. The lowest BCUT2D eigenvalue weighted by Gasteiger charge is -1.96. The first-order valence-electron chi connectivity index (χ1n) is 3.38. The highest BCUT2D eigenvalue weighted by Gasteiger charge is 1.98. The molecule has 1 aromatic rings. The van der Waals surface area contributed by atoms with Crippen LogP contribution in [-0.2, 0) is 0 Å². The third-order valence-corrected chi connectivity index (χ3v) is 1.52. The second kappa shape index (κ2) is 4.04. The van der Waals surface area contributed by atoms with Gasteiger partial charge in [0.25, 0.3) is 0 Å². The molecule has 4 nitrogen and oxygen atoms in total. The Morgan fingerprint density at radius 1 is 1.58 bits per heavy atom. The van der Waals surface area contributed by atoms with Crippen molar-refractivity contribution in [1.29, 1.82) is 0 Å². The number of halogens is 1. The van der Waals surface area contributed by atoms with E-state index in [1.165, 1.54) is 0 Å². The van der Waals surface area contributed by atoms with Gasteiger partial charge in [-0.15, -0.1) is 0 Å². The van der Waals surface area contributed by atoms with E-state index in [9.17, 15) is 0 Å². The highest BCUT2D eigenvalue weighted by Crippen LogP contribution is 2.13. The molecule has 0 radical (unpaired) electrons. The minimum atomic E-state index is 0.171. The van der Waals surface area contributed by atoms with E-state index >= 15 is 0 Å². The predicted molar refractivity (Wildman–Crippen MR) is 49.5 cm³/mol. The molecule has 0 aliphatic carbocycles. The molecule has 5 heteroatoms. The van der Waals surface area contributed by atoms with Crippen LogP contribution in [0.5, 0.6) is 0 Å². The van der Waals surface area contributed by atoms with E-state index < -0.39 is 0 Å². The first kappa shape index (κ1) is 8.96. The Morgan fingerprint density at radius 2 is 2.33 bits per heavy atom. The molecule has 0 unspecified atom stereocenters. The van der Waals surface area contributed by atoms with Crippen LogP contribution in [0.1, 0.15) is 5.56 Å². The average molecular weight is 185 g/mol. The second-order valence-corrected chi connectivity index (χ2v) is 2.47. The molecule has 4 N–H and O–H groups in total. The van der Waals surface area contributed by atoms with Gasteiger partial charge in [0.1, 0.15) is 5.15 Å². The summed E-state index contributed by atoms with van der Waals surface area (Å²) in [7, 11) is 0. The van der Waals surface area contributed by atoms with Gasteiger partial charge in [-0.25, -0.2) is 9.97 Å². The summed E-state index contributed by atoms with van der Waals surface area (Å²) in [5.74, 6) is 0.171. The Bertz CT molecular complexity index is 297. The summed E-state index contributed by atoms with van der Waals surface area (Å²) < 4.78 is 0. The fourth-order valence-electron chi connectivity index (χ4n) is 0.690. The van der Waals surface area contributed by atoms with Gasteiger partial charge in [-0.1, -0.05) is 23.8 Å². The van der Waals surface area contributed by atoms with E-state index in [0.717, 1.165) is 5.56 Å². The molecule has 0 fully saturated rings. The van der Waals surface area contributed by atoms with Crippen LogP contribution in [0.4, 0.5) is 5.95 Å². The first-order chi connectivity index (χ1) is 5.74. The Hall–Kier alpha value is -1.13. The van der Waals surface area contributed by atoms with Crippen molar-refractivity contribution < 1.29 is 0 Å². The van der Waals surface area contributed by atoms with Gasteiger partial charge in [-0.3, -0.25) is 0 Å². The standard InChI is InChI=1S/C7H9ClN4/c8-6-5(2-1-3-9)4-11-7(10)12-6/h1-2,4H,3,9H2,(H2,10,11,12). The van der Waals surface area contributed by atoms with Gasteiger partial charge in [0.2, 0.25) is 5.95 Å². The number of nitrogen functional groups attached to an aromatic ring is 1. The molecular formula is C7H9ClN4. The van der Waals surface area contributed by atoms with Crippen LogP contribution in [0.2, 0.25) is 5.15 Å². The van der Waals surface area contributed by atoms with Crippen molar-refractivity contribution in [2.24, 2.45) is 5.73 Å². The van der Waals surface area contributed by atoms with Crippen molar-refractivity contribution in [3.8, 4) is 0 Å².